The summed E-state index contributed by atoms with van der Waals surface area (Å²) in [4.78, 5) is 11.4. The number of nitrogens with one attached hydrogen (secondary N) is 1. The fraction of sp³-hybridized carbons (Fsp3) is 0.360. The molecule has 0 amide bonds. The van der Waals surface area contributed by atoms with Crippen molar-refractivity contribution in [1.82, 2.24) is 10.2 Å². The van der Waals surface area contributed by atoms with Crippen molar-refractivity contribution in [3.63, 3.8) is 0 Å². The lowest BCUT2D eigenvalue weighted by atomic mass is 9.89. The molecule has 10 heteroatoms. The van der Waals surface area contributed by atoms with Gasteiger partial charge in [0.2, 0.25) is 0 Å². The number of hydrogen-bond acceptors (Lipinski definition) is 6. The molecule has 0 saturated heterocycles. The number of aldehydes is 1. The zero-order valence-electron chi connectivity index (χ0n) is 19.4. The molecular formula is C25H28F3N3O4. The Morgan fingerprint density at radius 2 is 1.89 bits per heavy atom. The Balaban J connectivity index is 1.93. The molecule has 0 radical (unpaired) electrons. The molecule has 2 aromatic carbocycles. The number of halogens is 3. The van der Waals surface area contributed by atoms with Crippen LogP contribution in [0.25, 0.3) is 0 Å². The van der Waals surface area contributed by atoms with E-state index in [0.29, 0.717) is 18.8 Å². The minimum absolute atomic E-state index is 0.0480. The Hall–Kier alpha value is -3.37. The summed E-state index contributed by atoms with van der Waals surface area (Å²) in [6.07, 6.45) is -2.74. The van der Waals surface area contributed by atoms with Crippen LogP contribution in [-0.4, -0.2) is 28.2 Å². The van der Waals surface area contributed by atoms with E-state index < -0.39 is 18.0 Å². The van der Waals surface area contributed by atoms with Crippen LogP contribution in [0.2, 0.25) is 0 Å². The number of rotatable bonds is 11. The number of nitrogens with two attached hydrogens (primary N) is 1. The predicted octanol–water partition coefficient (Wildman–Crippen LogP) is 4.78. The van der Waals surface area contributed by atoms with Gasteiger partial charge >= 0.3 is 6.18 Å². The summed E-state index contributed by atoms with van der Waals surface area (Å²) in [6.45, 7) is 3.78. The molecule has 7 nitrogen and oxygen atoms in total. The number of aliphatic hydroxyl groups excluding tert-OH is 1. The maximum Gasteiger partial charge on any atom is 0.416 e. The average Bonchev–Trinajstić information content (AvgIpc) is 3.24. The van der Waals surface area contributed by atoms with Crippen LogP contribution in [0.4, 0.5) is 13.2 Å². The van der Waals surface area contributed by atoms with E-state index in [0.717, 1.165) is 29.2 Å². The number of aromatic amines is 1. The van der Waals surface area contributed by atoms with Gasteiger partial charge in [-0.1, -0.05) is 25.1 Å². The molecule has 1 aromatic heterocycles. The maximum absolute atomic E-state index is 13.6. The first-order valence-corrected chi connectivity index (χ1v) is 11.1. The van der Waals surface area contributed by atoms with Crippen molar-refractivity contribution < 1.29 is 32.5 Å². The molecule has 0 aliphatic carbocycles. The van der Waals surface area contributed by atoms with Gasteiger partial charge in [-0.3, -0.25) is 5.10 Å². The van der Waals surface area contributed by atoms with Crippen molar-refractivity contribution in [1.29, 1.82) is 0 Å². The van der Waals surface area contributed by atoms with Crippen LogP contribution in [0.3, 0.4) is 0 Å². The molecule has 188 valence electrons. The molecule has 0 aliphatic rings. The number of hydrogen-bond donors (Lipinski definition) is 3. The fourth-order valence-electron chi connectivity index (χ4n) is 3.76. The van der Waals surface area contributed by atoms with Gasteiger partial charge in [0.15, 0.2) is 11.5 Å². The lowest BCUT2D eigenvalue weighted by Gasteiger charge is -2.20. The molecule has 3 rings (SSSR count). The second-order valence-electron chi connectivity index (χ2n) is 8.11. The van der Waals surface area contributed by atoms with Gasteiger partial charge in [0.1, 0.15) is 19.1 Å². The second kappa shape index (κ2) is 11.4. The number of carbonyl (C=O) groups is 1. The van der Waals surface area contributed by atoms with Gasteiger partial charge in [-0.2, -0.15) is 18.3 Å². The van der Waals surface area contributed by atoms with Gasteiger partial charge in [-0.25, -0.2) is 0 Å². The monoisotopic (exact) mass is 491 g/mol. The minimum atomic E-state index is -4.65. The predicted molar refractivity (Wildman–Crippen MR) is 123 cm³/mol. The van der Waals surface area contributed by atoms with Gasteiger partial charge in [0.25, 0.3) is 0 Å². The molecule has 35 heavy (non-hydrogen) atoms. The summed E-state index contributed by atoms with van der Waals surface area (Å²) in [5.74, 6) is 0.368. The van der Waals surface area contributed by atoms with Gasteiger partial charge in [0, 0.05) is 29.2 Å². The van der Waals surface area contributed by atoms with Crippen LogP contribution in [0.15, 0.2) is 42.6 Å². The van der Waals surface area contributed by atoms with Gasteiger partial charge in [-0.15, -0.1) is 0 Å². The molecule has 0 saturated carbocycles. The SMILES string of the molecule is CCCOc1cc(C(CC=O)c2cn[nH]c2C)ccc1OCc1ccc(C(N)O)cc1C(F)(F)F. The minimum Gasteiger partial charge on any atom is -0.490 e. The molecule has 1 heterocycles. The molecule has 0 bridgehead atoms. The van der Waals surface area contributed by atoms with E-state index >= 15 is 0 Å². The van der Waals surface area contributed by atoms with Crippen molar-refractivity contribution in [2.75, 3.05) is 6.61 Å². The lowest BCUT2D eigenvalue weighted by molar-refractivity contribution is -0.138. The number of aryl methyl sites for hydroxylation is 1. The summed E-state index contributed by atoms with van der Waals surface area (Å²) in [5.41, 5.74) is 6.72. The first-order valence-electron chi connectivity index (χ1n) is 11.1. The number of ether oxygens (including phenoxy) is 2. The highest BCUT2D eigenvalue weighted by Crippen LogP contribution is 2.38. The van der Waals surface area contributed by atoms with Crippen molar-refractivity contribution >= 4 is 6.29 Å². The van der Waals surface area contributed by atoms with Gasteiger partial charge < -0.3 is 25.1 Å². The molecular weight excluding hydrogens is 463 g/mol. The number of nitrogens with zero attached hydrogens (tertiary/aromatic N) is 1. The average molecular weight is 492 g/mol. The molecule has 0 fully saturated rings. The van der Waals surface area contributed by atoms with E-state index in [1.54, 1.807) is 24.4 Å². The molecule has 0 spiro atoms. The summed E-state index contributed by atoms with van der Waals surface area (Å²) in [6, 6.07) is 8.50. The van der Waals surface area contributed by atoms with Crippen LogP contribution >= 0.6 is 0 Å². The molecule has 4 N–H and O–H groups in total. The third kappa shape index (κ3) is 6.40. The van der Waals surface area contributed by atoms with E-state index in [1.807, 2.05) is 13.8 Å². The van der Waals surface area contributed by atoms with Crippen molar-refractivity contribution in [2.24, 2.45) is 5.73 Å². The van der Waals surface area contributed by atoms with E-state index in [9.17, 15) is 23.1 Å². The van der Waals surface area contributed by atoms with Crippen molar-refractivity contribution in [3.05, 3.63) is 76.1 Å². The Kier molecular flexibility index (Phi) is 8.52. The van der Waals surface area contributed by atoms with Crippen molar-refractivity contribution in [2.45, 2.75) is 51.6 Å². The summed E-state index contributed by atoms with van der Waals surface area (Å²) in [7, 11) is 0. The Bertz CT molecular complexity index is 1150. The summed E-state index contributed by atoms with van der Waals surface area (Å²) in [5, 5.41) is 16.4. The fourth-order valence-corrected chi connectivity index (χ4v) is 3.76. The van der Waals surface area contributed by atoms with E-state index in [1.165, 1.54) is 12.1 Å². The van der Waals surface area contributed by atoms with Gasteiger partial charge in [-0.05, 0) is 42.7 Å². The molecule has 2 atom stereocenters. The van der Waals surface area contributed by atoms with Crippen LogP contribution in [0.5, 0.6) is 11.5 Å². The zero-order valence-corrected chi connectivity index (χ0v) is 19.4. The summed E-state index contributed by atoms with van der Waals surface area (Å²) < 4.78 is 52.4. The maximum atomic E-state index is 13.6. The number of carbonyl (C=O) groups excluding carboxylic acids is 1. The highest BCUT2D eigenvalue weighted by molar-refractivity contribution is 5.56. The topological polar surface area (TPSA) is 110 Å². The van der Waals surface area contributed by atoms with E-state index in [2.05, 4.69) is 10.2 Å². The highest BCUT2D eigenvalue weighted by atomic mass is 19.4. The highest BCUT2D eigenvalue weighted by Gasteiger charge is 2.34. The number of aliphatic hydroxyl groups is 1. The Labute approximate surface area is 201 Å². The largest absolute Gasteiger partial charge is 0.490 e. The smallest absolute Gasteiger partial charge is 0.416 e. The van der Waals surface area contributed by atoms with Crippen LogP contribution in [-0.2, 0) is 17.6 Å². The Morgan fingerprint density at radius 3 is 2.49 bits per heavy atom. The number of alkyl halides is 3. The van der Waals surface area contributed by atoms with Gasteiger partial charge in [0.05, 0.1) is 18.4 Å². The number of aromatic nitrogens is 2. The second-order valence-corrected chi connectivity index (χ2v) is 8.11. The zero-order chi connectivity index (χ0) is 25.6. The third-order valence-corrected chi connectivity index (χ3v) is 5.57. The normalized spacial score (nSPS) is 13.3. The molecule has 2 unspecified atom stereocenters. The van der Waals surface area contributed by atoms with E-state index in [-0.39, 0.29) is 35.8 Å². The summed E-state index contributed by atoms with van der Waals surface area (Å²) >= 11 is 0. The quantitative estimate of drug-likeness (QED) is 0.263. The first kappa shape index (κ1) is 26.2. The standard InChI is InChI=1S/C25H28F3N3O4/c1-3-10-34-23-12-16(19(8-9-32)20-13-30-31-15(20)2)6-7-22(23)35-14-18-5-4-17(24(29)33)11-21(18)25(26,27)28/h4-7,9,11-13,19,24,33H,3,8,10,14,29H2,1-2H3,(H,30,31). The number of H-pyrrole nitrogens is 1. The number of benzene rings is 2. The van der Waals surface area contributed by atoms with Crippen LogP contribution in [0, 0.1) is 6.92 Å². The van der Waals surface area contributed by atoms with Crippen LogP contribution < -0.4 is 15.2 Å². The molecule has 3 aromatic rings. The first-order chi connectivity index (χ1) is 16.7. The Morgan fingerprint density at radius 1 is 1.14 bits per heavy atom. The third-order valence-electron chi connectivity index (χ3n) is 5.57. The van der Waals surface area contributed by atoms with Crippen molar-refractivity contribution in [3.8, 4) is 11.5 Å². The lowest BCUT2D eigenvalue weighted by Crippen LogP contribution is -2.15. The van der Waals surface area contributed by atoms with Crippen LogP contribution in [0.1, 0.15) is 65.4 Å². The molecule has 0 aliphatic heterocycles. The van der Waals surface area contributed by atoms with E-state index in [4.69, 9.17) is 15.2 Å².